The number of piperidine rings is 1. The fourth-order valence-electron chi connectivity index (χ4n) is 2.79. The molecule has 0 radical (unpaired) electrons. The lowest BCUT2D eigenvalue weighted by Gasteiger charge is -2.37. The summed E-state index contributed by atoms with van der Waals surface area (Å²) in [6, 6.07) is 3.45. The lowest BCUT2D eigenvalue weighted by molar-refractivity contribution is 0.363. The van der Waals surface area contributed by atoms with Crippen molar-refractivity contribution < 1.29 is 4.74 Å². The van der Waals surface area contributed by atoms with Gasteiger partial charge >= 0.3 is 0 Å². The van der Waals surface area contributed by atoms with Crippen LogP contribution in [0.5, 0.6) is 11.6 Å². The van der Waals surface area contributed by atoms with E-state index in [-0.39, 0.29) is 23.1 Å². The largest absolute Gasteiger partial charge is 0.433 e. The van der Waals surface area contributed by atoms with Gasteiger partial charge in [0.1, 0.15) is 5.82 Å². The van der Waals surface area contributed by atoms with Gasteiger partial charge < -0.3 is 15.4 Å². The molecule has 0 bridgehead atoms. The Hall–Kier alpha value is -2.16. The van der Waals surface area contributed by atoms with Gasteiger partial charge in [-0.3, -0.25) is 5.10 Å². The molecule has 0 atom stereocenters. The van der Waals surface area contributed by atoms with E-state index in [1.54, 1.807) is 24.5 Å². The minimum atomic E-state index is -0.105. The molecule has 4 heterocycles. The fourth-order valence-corrected chi connectivity index (χ4v) is 2.95. The van der Waals surface area contributed by atoms with Crippen molar-refractivity contribution >= 4 is 41.0 Å². The Labute approximate surface area is 161 Å². The molecule has 3 aromatic rings. The van der Waals surface area contributed by atoms with Gasteiger partial charge in [-0.05, 0) is 31.9 Å². The quantitative estimate of drug-likeness (QED) is 0.656. The van der Waals surface area contributed by atoms with Crippen LogP contribution in [0.4, 0.5) is 5.82 Å². The molecule has 8 nitrogen and oxygen atoms in total. The van der Waals surface area contributed by atoms with E-state index in [4.69, 9.17) is 22.1 Å². The van der Waals surface area contributed by atoms with E-state index < -0.39 is 0 Å². The van der Waals surface area contributed by atoms with Gasteiger partial charge in [0.25, 0.3) is 5.88 Å². The van der Waals surface area contributed by atoms with E-state index >= 15 is 0 Å². The second-order valence-corrected chi connectivity index (χ2v) is 6.85. The van der Waals surface area contributed by atoms with Crippen LogP contribution in [0, 0.1) is 0 Å². The van der Waals surface area contributed by atoms with Crippen molar-refractivity contribution in [3.8, 4) is 11.6 Å². The van der Waals surface area contributed by atoms with Crippen LogP contribution < -0.4 is 15.4 Å². The molecule has 26 heavy (non-hydrogen) atoms. The Bertz CT molecular complexity index is 905. The summed E-state index contributed by atoms with van der Waals surface area (Å²) in [6.07, 6.45) is 5.16. The van der Waals surface area contributed by atoms with Crippen LogP contribution in [-0.2, 0) is 0 Å². The average Bonchev–Trinajstić information content (AvgIpc) is 2.99. The SMILES string of the molecule is CC1(N)CCN(c2cnc3c(Oc4cccnc4Cl)n[nH]c3n2)CC1.Cl. The van der Waals surface area contributed by atoms with Gasteiger partial charge in [-0.15, -0.1) is 17.5 Å². The first kappa shape index (κ1) is 18.6. The highest BCUT2D eigenvalue weighted by Gasteiger charge is 2.27. The van der Waals surface area contributed by atoms with Crippen molar-refractivity contribution in [1.82, 2.24) is 25.1 Å². The van der Waals surface area contributed by atoms with E-state index in [1.807, 2.05) is 0 Å². The summed E-state index contributed by atoms with van der Waals surface area (Å²) >= 11 is 6.02. The predicted molar refractivity (Wildman–Crippen MR) is 102 cm³/mol. The topological polar surface area (TPSA) is 106 Å². The molecule has 0 spiro atoms. The van der Waals surface area contributed by atoms with Gasteiger partial charge in [0.2, 0.25) is 0 Å². The summed E-state index contributed by atoms with van der Waals surface area (Å²) in [5, 5.41) is 7.27. The Morgan fingerprint density at radius 2 is 2.08 bits per heavy atom. The standard InChI is InChI=1S/C16H18ClN7O.ClH/c1-16(18)4-7-24(8-5-16)11-9-20-12-14(21-11)22-23-15(12)25-10-3-2-6-19-13(10)17;/h2-3,6,9H,4-5,7-8,18H2,1H3,(H,21,22,23);1H. The molecular weight excluding hydrogens is 377 g/mol. The monoisotopic (exact) mass is 395 g/mol. The molecule has 0 unspecified atom stereocenters. The minimum absolute atomic E-state index is 0. The number of aromatic nitrogens is 5. The summed E-state index contributed by atoms with van der Waals surface area (Å²) in [6.45, 7) is 3.80. The van der Waals surface area contributed by atoms with Gasteiger partial charge in [0.15, 0.2) is 22.1 Å². The third kappa shape index (κ3) is 3.67. The summed E-state index contributed by atoms with van der Waals surface area (Å²) < 4.78 is 5.71. The minimum Gasteiger partial charge on any atom is -0.433 e. The molecule has 3 N–H and O–H groups in total. The molecule has 1 fully saturated rings. The first-order chi connectivity index (χ1) is 12.0. The summed E-state index contributed by atoms with van der Waals surface area (Å²) in [7, 11) is 0. The zero-order valence-electron chi connectivity index (χ0n) is 14.1. The Morgan fingerprint density at radius 1 is 1.31 bits per heavy atom. The lowest BCUT2D eigenvalue weighted by atomic mass is 9.91. The van der Waals surface area contributed by atoms with E-state index in [0.717, 1.165) is 31.7 Å². The maximum Gasteiger partial charge on any atom is 0.266 e. The molecule has 1 saturated heterocycles. The number of anilines is 1. The number of fused-ring (bicyclic) bond motifs is 1. The summed E-state index contributed by atoms with van der Waals surface area (Å²) in [5.41, 5.74) is 7.19. The third-order valence-electron chi connectivity index (χ3n) is 4.39. The molecule has 0 amide bonds. The normalized spacial score (nSPS) is 16.3. The number of nitrogens with zero attached hydrogens (tertiary/aromatic N) is 5. The molecular formula is C16H19Cl2N7O. The Balaban J connectivity index is 0.00000196. The molecule has 0 aromatic carbocycles. The number of aromatic amines is 1. The van der Waals surface area contributed by atoms with E-state index in [2.05, 4.69) is 37.0 Å². The van der Waals surface area contributed by atoms with E-state index in [9.17, 15) is 0 Å². The summed E-state index contributed by atoms with van der Waals surface area (Å²) in [5.74, 6) is 1.54. The number of halogens is 2. The van der Waals surface area contributed by atoms with Gasteiger partial charge in [0.05, 0.1) is 6.20 Å². The van der Waals surface area contributed by atoms with Crippen molar-refractivity contribution in [2.75, 3.05) is 18.0 Å². The molecule has 1 aliphatic rings. The van der Waals surface area contributed by atoms with Crippen LogP contribution >= 0.6 is 24.0 Å². The highest BCUT2D eigenvalue weighted by Crippen LogP contribution is 2.30. The van der Waals surface area contributed by atoms with Crippen LogP contribution in [0.2, 0.25) is 5.15 Å². The smallest absolute Gasteiger partial charge is 0.266 e. The average molecular weight is 396 g/mol. The van der Waals surface area contributed by atoms with Gasteiger partial charge in [-0.25, -0.2) is 15.0 Å². The molecule has 3 aromatic heterocycles. The van der Waals surface area contributed by atoms with Crippen LogP contribution in [0.3, 0.4) is 0 Å². The van der Waals surface area contributed by atoms with Crippen molar-refractivity contribution in [1.29, 1.82) is 0 Å². The number of hydrogen-bond donors (Lipinski definition) is 2. The second-order valence-electron chi connectivity index (χ2n) is 6.49. The predicted octanol–water partition coefficient (Wildman–Crippen LogP) is 2.93. The van der Waals surface area contributed by atoms with E-state index in [0.29, 0.717) is 22.8 Å². The molecule has 4 rings (SSSR count). The maximum atomic E-state index is 6.19. The molecule has 10 heteroatoms. The van der Waals surface area contributed by atoms with Crippen LogP contribution in [-0.4, -0.2) is 43.8 Å². The molecule has 1 aliphatic heterocycles. The fraction of sp³-hybridized carbons (Fsp3) is 0.375. The van der Waals surface area contributed by atoms with Crippen LogP contribution in [0.1, 0.15) is 19.8 Å². The van der Waals surface area contributed by atoms with Crippen molar-refractivity contribution in [2.45, 2.75) is 25.3 Å². The Kier molecular flexibility index (Phi) is 5.17. The molecule has 0 aliphatic carbocycles. The van der Waals surface area contributed by atoms with Gasteiger partial charge in [-0.1, -0.05) is 11.6 Å². The first-order valence-electron chi connectivity index (χ1n) is 8.05. The number of rotatable bonds is 3. The van der Waals surface area contributed by atoms with Crippen molar-refractivity contribution in [2.24, 2.45) is 5.73 Å². The van der Waals surface area contributed by atoms with Crippen molar-refractivity contribution in [3.05, 3.63) is 29.7 Å². The number of pyridine rings is 1. The van der Waals surface area contributed by atoms with Gasteiger partial charge in [-0.2, -0.15) is 0 Å². The lowest BCUT2D eigenvalue weighted by Crippen LogP contribution is -2.48. The first-order valence-corrected chi connectivity index (χ1v) is 8.43. The summed E-state index contributed by atoms with van der Waals surface area (Å²) in [4.78, 5) is 15.2. The number of nitrogens with one attached hydrogen (secondary N) is 1. The molecule has 138 valence electrons. The highest BCUT2D eigenvalue weighted by atomic mass is 35.5. The van der Waals surface area contributed by atoms with Crippen LogP contribution in [0.15, 0.2) is 24.5 Å². The third-order valence-corrected chi connectivity index (χ3v) is 4.67. The van der Waals surface area contributed by atoms with Crippen LogP contribution in [0.25, 0.3) is 11.2 Å². The van der Waals surface area contributed by atoms with E-state index in [1.165, 1.54) is 0 Å². The zero-order valence-corrected chi connectivity index (χ0v) is 15.7. The van der Waals surface area contributed by atoms with Gasteiger partial charge in [0, 0.05) is 24.8 Å². The number of ether oxygens (including phenoxy) is 1. The molecule has 0 saturated carbocycles. The Morgan fingerprint density at radius 3 is 2.81 bits per heavy atom. The number of hydrogen-bond acceptors (Lipinski definition) is 7. The second kappa shape index (κ2) is 7.22. The number of H-pyrrole nitrogens is 1. The number of nitrogens with two attached hydrogens (primary N) is 1. The zero-order chi connectivity index (χ0) is 17.4. The van der Waals surface area contributed by atoms with Crippen molar-refractivity contribution in [3.63, 3.8) is 0 Å². The highest BCUT2D eigenvalue weighted by molar-refractivity contribution is 6.30. The maximum absolute atomic E-state index is 6.19.